The first kappa shape index (κ1) is 21.9. The number of hydrogen-bond donors (Lipinski definition) is 0. The molecule has 0 unspecified atom stereocenters. The van der Waals surface area contributed by atoms with E-state index in [4.69, 9.17) is 9.47 Å². The Hall–Kier alpha value is -3.14. The van der Waals surface area contributed by atoms with Crippen molar-refractivity contribution in [1.29, 1.82) is 0 Å². The number of rotatable bonds is 9. The molecule has 0 aromatic heterocycles. The van der Waals surface area contributed by atoms with E-state index < -0.39 is 5.97 Å². The fourth-order valence-corrected chi connectivity index (χ4v) is 1.93. The number of ether oxygens (including phenoxy) is 2. The monoisotopic (exact) mass is 366 g/mol. The molecule has 0 saturated heterocycles. The lowest BCUT2D eigenvalue weighted by Gasteiger charge is -2.07. The van der Waals surface area contributed by atoms with Crippen molar-refractivity contribution in [2.45, 2.75) is 27.2 Å². The Bertz CT molecular complexity index is 792. The van der Waals surface area contributed by atoms with Crippen molar-refractivity contribution in [2.24, 2.45) is 0 Å². The number of hydrogen-bond acceptors (Lipinski definition) is 4. The van der Waals surface area contributed by atoms with Crippen LogP contribution >= 0.6 is 0 Å². The third kappa shape index (κ3) is 7.74. The summed E-state index contributed by atoms with van der Waals surface area (Å²) in [6, 6.07) is 7.80. The smallest absolute Gasteiger partial charge is 0.338 e. The third-order valence-electron chi connectivity index (χ3n) is 3.59. The van der Waals surface area contributed by atoms with Gasteiger partial charge in [0.2, 0.25) is 0 Å². The average Bonchev–Trinajstić information content (AvgIpc) is 2.64. The molecule has 4 nitrogen and oxygen atoms in total. The Morgan fingerprint density at radius 1 is 0.963 bits per heavy atom. The van der Waals surface area contributed by atoms with Crippen molar-refractivity contribution in [1.82, 2.24) is 0 Å². The Labute approximate surface area is 161 Å². The Morgan fingerprint density at radius 3 is 2.07 bits per heavy atom. The van der Waals surface area contributed by atoms with Gasteiger partial charge in [0.1, 0.15) is 5.76 Å². The van der Waals surface area contributed by atoms with Gasteiger partial charge >= 0.3 is 11.9 Å². The van der Waals surface area contributed by atoms with Crippen molar-refractivity contribution in [3.63, 3.8) is 0 Å². The second-order valence-corrected chi connectivity index (χ2v) is 6.08. The molecule has 0 N–H and O–H groups in total. The molecule has 0 radical (unpaired) electrons. The Kier molecular flexibility index (Phi) is 8.73. The molecule has 0 spiro atoms. The number of allylic oxidation sites excluding steroid dienone is 4. The highest BCUT2D eigenvalue weighted by Gasteiger charge is 2.06. The summed E-state index contributed by atoms with van der Waals surface area (Å²) in [5.41, 5.74) is 3.50. The summed E-state index contributed by atoms with van der Waals surface area (Å²) in [6.07, 6.45) is 5.79. The maximum atomic E-state index is 11.6. The average molecular weight is 366 g/mol. The minimum absolute atomic E-state index is 0.310. The van der Waals surface area contributed by atoms with E-state index in [1.54, 1.807) is 39.0 Å². The predicted molar refractivity (Wildman–Crippen MR) is 109 cm³/mol. The molecule has 27 heavy (non-hydrogen) atoms. The topological polar surface area (TPSA) is 52.6 Å². The number of benzene rings is 1. The van der Waals surface area contributed by atoms with E-state index in [0.717, 1.165) is 16.7 Å². The summed E-state index contributed by atoms with van der Waals surface area (Å²) in [5.74, 6) is -0.410. The van der Waals surface area contributed by atoms with E-state index in [-0.39, 0.29) is 5.97 Å². The van der Waals surface area contributed by atoms with Crippen LogP contribution in [0.4, 0.5) is 0 Å². The zero-order valence-electron chi connectivity index (χ0n) is 16.2. The fourth-order valence-electron chi connectivity index (χ4n) is 1.93. The van der Waals surface area contributed by atoms with Crippen LogP contribution in [0.15, 0.2) is 79.1 Å². The summed E-state index contributed by atoms with van der Waals surface area (Å²) in [5, 5.41) is 0. The maximum absolute atomic E-state index is 11.6. The molecule has 1 aromatic rings. The molecule has 142 valence electrons. The Balaban J connectivity index is 2.63. The van der Waals surface area contributed by atoms with Gasteiger partial charge in [-0.1, -0.05) is 50.1 Å². The fraction of sp³-hybridized carbons (Fsp3) is 0.217. The summed E-state index contributed by atoms with van der Waals surface area (Å²) >= 11 is 0. The van der Waals surface area contributed by atoms with Gasteiger partial charge < -0.3 is 9.47 Å². The van der Waals surface area contributed by atoms with E-state index in [1.807, 2.05) is 24.3 Å². The van der Waals surface area contributed by atoms with Gasteiger partial charge in [-0.2, -0.15) is 0 Å². The van der Waals surface area contributed by atoms with Crippen molar-refractivity contribution >= 4 is 17.5 Å². The molecule has 0 aliphatic rings. The van der Waals surface area contributed by atoms with Crippen LogP contribution < -0.4 is 0 Å². The molecule has 0 saturated carbocycles. The van der Waals surface area contributed by atoms with Gasteiger partial charge in [-0.05, 0) is 49.6 Å². The number of carbonyl (C=O) groups excluding carboxylic acids is 2. The van der Waals surface area contributed by atoms with Crippen molar-refractivity contribution in [3.8, 4) is 0 Å². The first-order valence-electron chi connectivity index (χ1n) is 8.57. The van der Waals surface area contributed by atoms with E-state index in [9.17, 15) is 9.59 Å². The van der Waals surface area contributed by atoms with E-state index >= 15 is 0 Å². The number of carbonyl (C=O) groups is 2. The van der Waals surface area contributed by atoms with Gasteiger partial charge in [-0.3, -0.25) is 0 Å². The maximum Gasteiger partial charge on any atom is 0.338 e. The molecule has 0 atom stereocenters. The van der Waals surface area contributed by atoms with Crippen molar-refractivity contribution < 1.29 is 19.1 Å². The molecule has 0 heterocycles. The minimum Gasteiger partial charge on any atom is -0.462 e. The molecule has 0 fully saturated rings. The summed E-state index contributed by atoms with van der Waals surface area (Å²) in [7, 11) is 0. The molecule has 4 heteroatoms. The van der Waals surface area contributed by atoms with Gasteiger partial charge in [-0.15, -0.1) is 0 Å². The first-order valence-corrected chi connectivity index (χ1v) is 8.57. The first-order chi connectivity index (χ1) is 12.7. The zero-order valence-corrected chi connectivity index (χ0v) is 16.2. The number of esters is 2. The van der Waals surface area contributed by atoms with Crippen LogP contribution in [-0.4, -0.2) is 18.5 Å². The van der Waals surface area contributed by atoms with Crippen molar-refractivity contribution in [3.05, 3.63) is 90.3 Å². The normalized spacial score (nSPS) is 11.1. The predicted octanol–water partition coefficient (Wildman–Crippen LogP) is 4.94. The van der Waals surface area contributed by atoms with Crippen LogP contribution in [0.5, 0.6) is 0 Å². The van der Waals surface area contributed by atoms with Gasteiger partial charge in [0, 0.05) is 17.6 Å². The highest BCUT2D eigenvalue weighted by atomic mass is 16.5. The largest absolute Gasteiger partial charge is 0.462 e. The van der Waals surface area contributed by atoms with Gasteiger partial charge in [0.25, 0.3) is 0 Å². The van der Waals surface area contributed by atoms with E-state index in [0.29, 0.717) is 29.9 Å². The third-order valence-corrected chi connectivity index (χ3v) is 3.59. The van der Waals surface area contributed by atoms with E-state index in [1.165, 1.54) is 0 Å². The lowest BCUT2D eigenvalue weighted by atomic mass is 10.0. The molecule has 1 rings (SSSR count). The second-order valence-electron chi connectivity index (χ2n) is 6.08. The summed E-state index contributed by atoms with van der Waals surface area (Å²) in [6.45, 7) is 16.4. The van der Waals surface area contributed by atoms with Crippen LogP contribution in [0.25, 0.3) is 5.57 Å². The SMILES string of the molecule is C=C(C)C(=O)OCCc1ccc(C(=C)/C=C\C(=C/C)OC(=O)C(=C)C)cc1. The zero-order chi connectivity index (χ0) is 20.4. The molecular formula is C23H26O4. The van der Waals surface area contributed by atoms with Crippen LogP contribution in [0.2, 0.25) is 0 Å². The van der Waals surface area contributed by atoms with Crippen molar-refractivity contribution in [2.75, 3.05) is 6.61 Å². The van der Waals surface area contributed by atoms with Gasteiger partial charge in [0.05, 0.1) is 6.61 Å². The molecule has 1 aromatic carbocycles. The van der Waals surface area contributed by atoms with Crippen LogP contribution in [0, 0.1) is 0 Å². The lowest BCUT2D eigenvalue weighted by Crippen LogP contribution is -2.07. The summed E-state index contributed by atoms with van der Waals surface area (Å²) < 4.78 is 10.3. The standard InChI is InChI=1S/C23H26O4/c1-7-21(27-23(25)17(4)5)13-8-18(6)20-11-9-19(10-12-20)14-15-26-22(24)16(2)3/h7-13H,2,4,6,14-15H2,1,3,5H3/b13-8-,21-7+. The highest BCUT2D eigenvalue weighted by Crippen LogP contribution is 2.17. The molecule has 0 amide bonds. The van der Waals surface area contributed by atoms with Gasteiger partial charge in [0.15, 0.2) is 0 Å². The van der Waals surface area contributed by atoms with Crippen LogP contribution in [0.3, 0.4) is 0 Å². The van der Waals surface area contributed by atoms with Crippen LogP contribution in [-0.2, 0) is 25.5 Å². The lowest BCUT2D eigenvalue weighted by molar-refractivity contribution is -0.139. The van der Waals surface area contributed by atoms with E-state index in [2.05, 4.69) is 19.7 Å². The summed E-state index contributed by atoms with van der Waals surface area (Å²) in [4.78, 5) is 22.9. The van der Waals surface area contributed by atoms with Gasteiger partial charge in [-0.25, -0.2) is 9.59 Å². The Morgan fingerprint density at radius 2 is 1.56 bits per heavy atom. The quantitative estimate of drug-likeness (QED) is 0.269. The van der Waals surface area contributed by atoms with Crippen LogP contribution in [0.1, 0.15) is 31.9 Å². The molecular weight excluding hydrogens is 340 g/mol. The molecule has 0 aliphatic carbocycles. The minimum atomic E-state index is -0.463. The highest BCUT2D eigenvalue weighted by molar-refractivity contribution is 5.88. The molecule has 0 aliphatic heterocycles. The second kappa shape index (κ2) is 10.8. The molecule has 0 bridgehead atoms.